The van der Waals surface area contributed by atoms with Gasteiger partial charge >= 0.3 is 0 Å². The van der Waals surface area contributed by atoms with Crippen LogP contribution in [0.4, 0.5) is 0 Å². The fourth-order valence-corrected chi connectivity index (χ4v) is 0.286. The number of nitrogens with two attached hydrogens (primary N) is 1. The Labute approximate surface area is 59.0 Å². The molecule has 1 unspecified atom stereocenters. The summed E-state index contributed by atoms with van der Waals surface area (Å²) in [4.78, 5) is 10.6. The van der Waals surface area contributed by atoms with E-state index in [1.165, 1.54) is 6.08 Å². The van der Waals surface area contributed by atoms with E-state index in [1.54, 1.807) is 0 Å². The first-order chi connectivity index (χ1) is 4.57. The van der Waals surface area contributed by atoms with E-state index in [1.807, 2.05) is 0 Å². The summed E-state index contributed by atoms with van der Waals surface area (Å²) in [6.07, 6.45) is 0.105. The van der Waals surface area contributed by atoms with E-state index in [2.05, 4.69) is 18.5 Å². The predicted octanol–water partition coefficient (Wildman–Crippen LogP) is -0.921. The normalized spacial score (nSPS) is 11.7. The highest BCUT2D eigenvalue weighted by Crippen LogP contribution is 1.81. The molecule has 0 spiro atoms. The summed E-state index contributed by atoms with van der Waals surface area (Å²) < 4.78 is 0. The Kier molecular flexibility index (Phi) is 3.21. The number of carbonyl (C=O) groups excluding carboxylic acids is 1. The lowest BCUT2D eigenvalue weighted by Gasteiger charge is -2.06. The van der Waals surface area contributed by atoms with Crippen LogP contribution < -0.4 is 11.1 Å². The average molecular weight is 142 g/mol. The molecule has 0 heterocycles. The molecule has 0 aliphatic heterocycles. The molecule has 0 aromatic rings. The highest BCUT2D eigenvalue weighted by Gasteiger charge is 2.04. The van der Waals surface area contributed by atoms with Gasteiger partial charge in [0, 0.05) is 0 Å². The number of carbonyl (C=O) groups is 1. The maximum atomic E-state index is 10.6. The molecule has 10 heavy (non-hydrogen) atoms. The summed E-state index contributed by atoms with van der Waals surface area (Å²) in [5.74, 6) is -0.590. The molecule has 0 radical (unpaired) electrons. The van der Waals surface area contributed by atoms with E-state index in [4.69, 9.17) is 10.8 Å². The van der Waals surface area contributed by atoms with Gasteiger partial charge in [0.25, 0.3) is 5.91 Å². The number of amides is 1. The van der Waals surface area contributed by atoms with Crippen molar-refractivity contribution in [1.82, 2.24) is 5.32 Å². The standard InChI is InChI=1S/C6H10N2O2/c1-3-5(9)8-6(10)4(2)7/h3,5,9H,1-2,7H2,(H,8,10). The highest BCUT2D eigenvalue weighted by atomic mass is 16.3. The third-order valence-corrected chi connectivity index (χ3v) is 0.794. The molecule has 4 nitrogen and oxygen atoms in total. The molecular formula is C6H10N2O2. The fourth-order valence-electron chi connectivity index (χ4n) is 0.286. The second-order valence-corrected chi connectivity index (χ2v) is 1.68. The monoisotopic (exact) mass is 142 g/mol. The predicted molar refractivity (Wildman–Crippen MR) is 37.7 cm³/mol. The van der Waals surface area contributed by atoms with Gasteiger partial charge in [0.15, 0.2) is 0 Å². The molecule has 4 N–H and O–H groups in total. The van der Waals surface area contributed by atoms with Crippen molar-refractivity contribution >= 4 is 5.91 Å². The quantitative estimate of drug-likeness (QED) is 0.271. The van der Waals surface area contributed by atoms with Gasteiger partial charge < -0.3 is 16.2 Å². The van der Waals surface area contributed by atoms with Crippen LogP contribution in [-0.2, 0) is 4.79 Å². The molecular weight excluding hydrogens is 132 g/mol. The van der Waals surface area contributed by atoms with Gasteiger partial charge in [0.05, 0.1) is 5.70 Å². The minimum Gasteiger partial charge on any atom is -0.395 e. The Hall–Kier alpha value is -1.29. The third-order valence-electron chi connectivity index (χ3n) is 0.794. The van der Waals surface area contributed by atoms with E-state index in [-0.39, 0.29) is 5.70 Å². The van der Waals surface area contributed by atoms with Crippen molar-refractivity contribution in [1.29, 1.82) is 0 Å². The molecule has 0 saturated carbocycles. The molecule has 4 heteroatoms. The summed E-state index contributed by atoms with van der Waals surface area (Å²) in [7, 11) is 0. The van der Waals surface area contributed by atoms with Crippen molar-refractivity contribution in [3.8, 4) is 0 Å². The molecule has 1 atom stereocenters. The Bertz CT molecular complexity index is 165. The van der Waals surface area contributed by atoms with Crippen LogP contribution in [0.15, 0.2) is 24.9 Å². The molecule has 1 amide bonds. The lowest BCUT2D eigenvalue weighted by molar-refractivity contribution is -0.119. The number of aliphatic hydroxyl groups excluding tert-OH is 1. The zero-order valence-electron chi connectivity index (χ0n) is 5.50. The van der Waals surface area contributed by atoms with E-state index in [0.29, 0.717) is 0 Å². The maximum Gasteiger partial charge on any atom is 0.268 e. The molecule has 0 aromatic carbocycles. The lowest BCUT2D eigenvalue weighted by atomic mass is 10.4. The Morgan fingerprint density at radius 3 is 2.60 bits per heavy atom. The molecule has 0 bridgehead atoms. The van der Waals surface area contributed by atoms with Crippen LogP contribution in [-0.4, -0.2) is 17.2 Å². The van der Waals surface area contributed by atoms with Crippen LogP contribution >= 0.6 is 0 Å². The summed E-state index contributed by atoms with van der Waals surface area (Å²) in [6, 6.07) is 0. The lowest BCUT2D eigenvalue weighted by Crippen LogP contribution is -2.35. The van der Waals surface area contributed by atoms with Crippen LogP contribution in [0.1, 0.15) is 0 Å². The van der Waals surface area contributed by atoms with Gasteiger partial charge in [-0.1, -0.05) is 13.2 Å². The van der Waals surface area contributed by atoms with Crippen molar-refractivity contribution in [3.63, 3.8) is 0 Å². The molecule has 0 fully saturated rings. The van der Waals surface area contributed by atoms with E-state index in [0.717, 1.165) is 0 Å². The van der Waals surface area contributed by atoms with E-state index >= 15 is 0 Å². The van der Waals surface area contributed by atoms with Crippen molar-refractivity contribution in [2.45, 2.75) is 6.23 Å². The van der Waals surface area contributed by atoms with Crippen molar-refractivity contribution in [3.05, 3.63) is 24.9 Å². The Balaban J connectivity index is 3.79. The largest absolute Gasteiger partial charge is 0.395 e. The number of hydrogen-bond donors (Lipinski definition) is 3. The van der Waals surface area contributed by atoms with Gasteiger partial charge in [-0.15, -0.1) is 0 Å². The van der Waals surface area contributed by atoms with Crippen molar-refractivity contribution in [2.75, 3.05) is 0 Å². The Morgan fingerprint density at radius 1 is 1.80 bits per heavy atom. The number of rotatable bonds is 3. The molecule has 0 aliphatic rings. The number of aliphatic hydroxyl groups is 1. The first kappa shape index (κ1) is 8.71. The summed E-state index contributed by atoms with van der Waals surface area (Å²) in [5, 5.41) is 10.8. The van der Waals surface area contributed by atoms with Crippen LogP contribution in [0.25, 0.3) is 0 Å². The minimum atomic E-state index is -1.06. The van der Waals surface area contributed by atoms with Gasteiger partial charge in [-0.25, -0.2) is 0 Å². The van der Waals surface area contributed by atoms with Gasteiger partial charge in [-0.05, 0) is 6.08 Å². The van der Waals surface area contributed by atoms with Crippen molar-refractivity contribution in [2.24, 2.45) is 5.73 Å². The number of hydrogen-bond acceptors (Lipinski definition) is 3. The second-order valence-electron chi connectivity index (χ2n) is 1.68. The summed E-state index contributed by atoms with van der Waals surface area (Å²) in [6.45, 7) is 6.40. The summed E-state index contributed by atoms with van der Waals surface area (Å²) in [5.41, 5.74) is 4.85. The molecule has 0 aliphatic carbocycles. The zero-order chi connectivity index (χ0) is 8.15. The van der Waals surface area contributed by atoms with Gasteiger partial charge in [0.2, 0.25) is 0 Å². The fraction of sp³-hybridized carbons (Fsp3) is 0.167. The molecule has 0 saturated heterocycles. The smallest absolute Gasteiger partial charge is 0.268 e. The highest BCUT2D eigenvalue weighted by molar-refractivity contribution is 5.91. The first-order valence-electron chi connectivity index (χ1n) is 2.63. The molecule has 0 rings (SSSR count). The molecule has 0 aromatic heterocycles. The maximum absolute atomic E-state index is 10.6. The van der Waals surface area contributed by atoms with Crippen LogP contribution in [0.5, 0.6) is 0 Å². The number of nitrogens with one attached hydrogen (secondary N) is 1. The topological polar surface area (TPSA) is 75.3 Å². The van der Waals surface area contributed by atoms with Crippen LogP contribution in [0.3, 0.4) is 0 Å². The SMILES string of the molecule is C=CC(O)NC(=O)C(=C)N. The van der Waals surface area contributed by atoms with Gasteiger partial charge in [-0.3, -0.25) is 4.79 Å². The summed E-state index contributed by atoms with van der Waals surface area (Å²) >= 11 is 0. The second kappa shape index (κ2) is 3.68. The first-order valence-corrected chi connectivity index (χ1v) is 2.63. The van der Waals surface area contributed by atoms with Gasteiger partial charge in [0.1, 0.15) is 6.23 Å². The molecule has 56 valence electrons. The van der Waals surface area contributed by atoms with E-state index < -0.39 is 12.1 Å². The third kappa shape index (κ3) is 2.88. The average Bonchev–Trinajstić information content (AvgIpc) is 1.87. The van der Waals surface area contributed by atoms with Gasteiger partial charge in [-0.2, -0.15) is 0 Å². The van der Waals surface area contributed by atoms with Crippen molar-refractivity contribution < 1.29 is 9.90 Å². The Morgan fingerprint density at radius 2 is 2.30 bits per heavy atom. The zero-order valence-corrected chi connectivity index (χ0v) is 5.50. The van der Waals surface area contributed by atoms with E-state index in [9.17, 15) is 4.79 Å². The van der Waals surface area contributed by atoms with Crippen LogP contribution in [0, 0.1) is 0 Å². The minimum absolute atomic E-state index is 0.138. The van der Waals surface area contributed by atoms with Crippen LogP contribution in [0.2, 0.25) is 0 Å².